The molecule has 1 fully saturated rings. The minimum absolute atomic E-state index is 0.810. The van der Waals surface area contributed by atoms with Crippen LogP contribution in [0.5, 0.6) is 0 Å². The van der Waals surface area contributed by atoms with Gasteiger partial charge < -0.3 is 5.73 Å². The van der Waals surface area contributed by atoms with Gasteiger partial charge in [-0.3, -0.25) is 4.90 Å². The van der Waals surface area contributed by atoms with Crippen LogP contribution in [0.3, 0.4) is 0 Å². The minimum atomic E-state index is 0.810. The van der Waals surface area contributed by atoms with Crippen LogP contribution < -0.4 is 5.73 Å². The Morgan fingerprint density at radius 3 is 2.53 bits per heavy atom. The van der Waals surface area contributed by atoms with Gasteiger partial charge in [-0.25, -0.2) is 0 Å². The zero-order valence-corrected chi connectivity index (χ0v) is 12.7. The summed E-state index contributed by atoms with van der Waals surface area (Å²) in [5.41, 5.74) is 11.5. The molecule has 1 aromatic rings. The Kier molecular flexibility index (Phi) is 5.00. The molecule has 0 radical (unpaired) electrons. The quantitative estimate of drug-likeness (QED) is 0.901. The molecule has 19 heavy (non-hydrogen) atoms. The van der Waals surface area contributed by atoms with E-state index in [9.17, 15) is 0 Å². The summed E-state index contributed by atoms with van der Waals surface area (Å²) in [6.45, 7) is 11.1. The summed E-state index contributed by atoms with van der Waals surface area (Å²) >= 11 is 0. The lowest BCUT2D eigenvalue weighted by Crippen LogP contribution is -2.36. The molecule has 1 aliphatic rings. The number of aryl methyl sites for hydroxylation is 3. The molecule has 1 heterocycles. The van der Waals surface area contributed by atoms with Crippen molar-refractivity contribution < 1.29 is 0 Å². The zero-order chi connectivity index (χ0) is 13.8. The molecule has 106 valence electrons. The van der Waals surface area contributed by atoms with Gasteiger partial charge in [-0.15, -0.1) is 0 Å². The van der Waals surface area contributed by atoms with Crippen molar-refractivity contribution in [2.45, 2.75) is 46.6 Å². The molecule has 0 amide bonds. The van der Waals surface area contributed by atoms with Crippen LogP contribution >= 0.6 is 0 Å². The Labute approximate surface area is 118 Å². The molecule has 2 N–H and O–H groups in total. The Morgan fingerprint density at radius 1 is 1.21 bits per heavy atom. The number of rotatable bonds is 4. The summed E-state index contributed by atoms with van der Waals surface area (Å²) in [5, 5.41) is 0. The first-order chi connectivity index (χ1) is 9.10. The van der Waals surface area contributed by atoms with E-state index in [4.69, 9.17) is 5.73 Å². The van der Waals surface area contributed by atoms with Gasteiger partial charge in [-0.05, 0) is 75.7 Å². The Hall–Kier alpha value is -0.860. The fraction of sp³-hybridized carbons (Fsp3) is 0.647. The Balaban J connectivity index is 2.04. The highest BCUT2D eigenvalue weighted by molar-refractivity contribution is 5.37. The lowest BCUT2D eigenvalue weighted by Gasteiger charge is -2.33. The van der Waals surface area contributed by atoms with Crippen LogP contribution in [0.4, 0.5) is 0 Å². The molecule has 0 bridgehead atoms. The van der Waals surface area contributed by atoms with Crippen molar-refractivity contribution >= 4 is 0 Å². The highest BCUT2D eigenvalue weighted by Crippen LogP contribution is 2.23. The molecule has 1 aliphatic heterocycles. The number of nitrogens with zero attached hydrogens (tertiary/aromatic N) is 1. The van der Waals surface area contributed by atoms with E-state index < -0.39 is 0 Å². The van der Waals surface area contributed by atoms with Crippen molar-refractivity contribution in [3.05, 3.63) is 34.4 Å². The van der Waals surface area contributed by atoms with Crippen molar-refractivity contribution in [2.24, 2.45) is 11.7 Å². The summed E-state index contributed by atoms with van der Waals surface area (Å²) in [6.07, 6.45) is 3.87. The van der Waals surface area contributed by atoms with Crippen LogP contribution in [0, 0.1) is 26.7 Å². The molecule has 2 nitrogen and oxygen atoms in total. The number of hydrogen-bond donors (Lipinski definition) is 1. The first kappa shape index (κ1) is 14.5. The third-order valence-electron chi connectivity index (χ3n) is 4.40. The van der Waals surface area contributed by atoms with E-state index in [1.165, 1.54) is 54.6 Å². The van der Waals surface area contributed by atoms with E-state index in [0.29, 0.717) is 0 Å². The number of likely N-dealkylation sites (tertiary alicyclic amines) is 1. The predicted octanol–water partition coefficient (Wildman–Crippen LogP) is 3.17. The van der Waals surface area contributed by atoms with Crippen LogP contribution in [-0.4, -0.2) is 24.5 Å². The molecule has 0 saturated carbocycles. The van der Waals surface area contributed by atoms with Gasteiger partial charge in [0.15, 0.2) is 0 Å². The first-order valence-electron chi connectivity index (χ1n) is 7.59. The third-order valence-corrected chi connectivity index (χ3v) is 4.40. The van der Waals surface area contributed by atoms with Gasteiger partial charge in [-0.1, -0.05) is 17.7 Å². The lowest BCUT2D eigenvalue weighted by atomic mass is 9.93. The second kappa shape index (κ2) is 6.53. The van der Waals surface area contributed by atoms with Crippen molar-refractivity contribution in [3.63, 3.8) is 0 Å². The molecule has 1 saturated heterocycles. The van der Waals surface area contributed by atoms with E-state index in [1.54, 1.807) is 0 Å². The fourth-order valence-corrected chi connectivity index (χ4v) is 3.45. The zero-order valence-electron chi connectivity index (χ0n) is 12.7. The summed E-state index contributed by atoms with van der Waals surface area (Å²) < 4.78 is 0. The van der Waals surface area contributed by atoms with Gasteiger partial charge >= 0.3 is 0 Å². The summed E-state index contributed by atoms with van der Waals surface area (Å²) in [5.74, 6) is 0.810. The van der Waals surface area contributed by atoms with Crippen molar-refractivity contribution in [1.82, 2.24) is 4.90 Å². The number of hydrogen-bond acceptors (Lipinski definition) is 2. The molecule has 0 aromatic heterocycles. The molecule has 1 aromatic carbocycles. The van der Waals surface area contributed by atoms with Crippen molar-refractivity contribution in [1.29, 1.82) is 0 Å². The largest absolute Gasteiger partial charge is 0.330 e. The summed E-state index contributed by atoms with van der Waals surface area (Å²) in [6, 6.07) is 4.62. The second-order valence-electron chi connectivity index (χ2n) is 6.20. The van der Waals surface area contributed by atoms with E-state index in [1.807, 2.05) is 0 Å². The lowest BCUT2D eigenvalue weighted by molar-refractivity contribution is 0.162. The molecule has 2 heteroatoms. The van der Waals surface area contributed by atoms with Crippen LogP contribution in [0.2, 0.25) is 0 Å². The van der Waals surface area contributed by atoms with Crippen molar-refractivity contribution in [2.75, 3.05) is 19.6 Å². The molecule has 2 rings (SSSR count). The van der Waals surface area contributed by atoms with Crippen LogP contribution in [0.1, 0.15) is 41.5 Å². The summed E-state index contributed by atoms with van der Waals surface area (Å²) in [7, 11) is 0. The molecule has 1 unspecified atom stereocenters. The van der Waals surface area contributed by atoms with Gasteiger partial charge in [-0.2, -0.15) is 0 Å². The number of nitrogens with two attached hydrogens (primary N) is 1. The molecular formula is C17H28N2. The molecule has 0 spiro atoms. The van der Waals surface area contributed by atoms with Gasteiger partial charge in [0.2, 0.25) is 0 Å². The standard InChI is InChI=1S/C17H28N2/c1-13-9-14(2)17(15(3)10-13)12-19-8-4-5-16(11-19)6-7-18/h9-10,16H,4-8,11-12,18H2,1-3H3. The maximum absolute atomic E-state index is 5.70. The normalized spacial score (nSPS) is 20.7. The molecule has 1 atom stereocenters. The molecule has 0 aliphatic carbocycles. The Morgan fingerprint density at radius 2 is 1.89 bits per heavy atom. The third kappa shape index (κ3) is 3.80. The number of piperidine rings is 1. The monoisotopic (exact) mass is 260 g/mol. The summed E-state index contributed by atoms with van der Waals surface area (Å²) in [4.78, 5) is 2.62. The van der Waals surface area contributed by atoms with Gasteiger partial charge in [0.1, 0.15) is 0 Å². The minimum Gasteiger partial charge on any atom is -0.330 e. The smallest absolute Gasteiger partial charge is 0.0239 e. The topological polar surface area (TPSA) is 29.3 Å². The molecular weight excluding hydrogens is 232 g/mol. The maximum atomic E-state index is 5.70. The van der Waals surface area contributed by atoms with Crippen LogP contribution in [0.15, 0.2) is 12.1 Å². The van der Waals surface area contributed by atoms with E-state index >= 15 is 0 Å². The first-order valence-corrected chi connectivity index (χ1v) is 7.59. The SMILES string of the molecule is Cc1cc(C)c(CN2CCCC(CCN)C2)c(C)c1. The average Bonchev–Trinajstić information content (AvgIpc) is 2.35. The average molecular weight is 260 g/mol. The van der Waals surface area contributed by atoms with Crippen LogP contribution in [-0.2, 0) is 6.54 Å². The van der Waals surface area contributed by atoms with E-state index in [-0.39, 0.29) is 0 Å². The van der Waals surface area contributed by atoms with Gasteiger partial charge in [0, 0.05) is 13.1 Å². The van der Waals surface area contributed by atoms with Crippen molar-refractivity contribution in [3.8, 4) is 0 Å². The van der Waals surface area contributed by atoms with E-state index in [2.05, 4.69) is 37.8 Å². The number of benzene rings is 1. The second-order valence-corrected chi connectivity index (χ2v) is 6.20. The van der Waals surface area contributed by atoms with Crippen LogP contribution in [0.25, 0.3) is 0 Å². The fourth-order valence-electron chi connectivity index (χ4n) is 3.45. The highest BCUT2D eigenvalue weighted by atomic mass is 15.1. The highest BCUT2D eigenvalue weighted by Gasteiger charge is 2.20. The maximum Gasteiger partial charge on any atom is 0.0239 e. The van der Waals surface area contributed by atoms with E-state index in [0.717, 1.165) is 19.0 Å². The van der Waals surface area contributed by atoms with Gasteiger partial charge in [0.05, 0.1) is 0 Å². The predicted molar refractivity (Wildman–Crippen MR) is 82.3 cm³/mol. The Bertz CT molecular complexity index is 400. The van der Waals surface area contributed by atoms with Gasteiger partial charge in [0.25, 0.3) is 0 Å².